The van der Waals surface area contributed by atoms with E-state index in [0.717, 1.165) is 30.9 Å². The van der Waals surface area contributed by atoms with E-state index in [9.17, 15) is 18.0 Å². The van der Waals surface area contributed by atoms with Gasteiger partial charge >= 0.3 is 12.1 Å². The zero-order valence-corrected chi connectivity index (χ0v) is 11.6. The molecule has 0 atom stereocenters. The van der Waals surface area contributed by atoms with Crippen molar-refractivity contribution in [1.29, 1.82) is 0 Å². The quantitative estimate of drug-likeness (QED) is 0.621. The zero-order valence-electron chi connectivity index (χ0n) is 10.8. The van der Waals surface area contributed by atoms with Gasteiger partial charge in [-0.05, 0) is 31.1 Å². The standard InChI is InChI=1S/C13H11F3N2O2S/c14-13(15,16)11-9(12(19)20-17-11)7-8-3-4-10(21-8)18-5-1-2-6-18/h3-4,7H,1-2,5-6H2. The fourth-order valence-corrected chi connectivity index (χ4v) is 3.29. The van der Waals surface area contributed by atoms with Gasteiger partial charge in [0.15, 0.2) is 5.71 Å². The second-order valence-corrected chi connectivity index (χ2v) is 5.84. The van der Waals surface area contributed by atoms with E-state index >= 15 is 0 Å². The Kier molecular flexibility index (Phi) is 3.48. The normalized spacial score (nSPS) is 21.1. The van der Waals surface area contributed by atoms with Gasteiger partial charge in [0.05, 0.1) is 10.6 Å². The average Bonchev–Trinajstić information content (AvgIpc) is 3.10. The summed E-state index contributed by atoms with van der Waals surface area (Å²) in [4.78, 5) is 18.3. The zero-order chi connectivity index (χ0) is 15.0. The second kappa shape index (κ2) is 5.18. The Hall–Kier alpha value is -1.83. The van der Waals surface area contributed by atoms with Crippen molar-refractivity contribution in [2.45, 2.75) is 19.0 Å². The number of carbonyl (C=O) groups excluding carboxylic acids is 1. The number of nitrogens with zero attached hydrogens (tertiary/aromatic N) is 2. The maximum Gasteiger partial charge on any atom is 0.437 e. The van der Waals surface area contributed by atoms with Crippen LogP contribution in [-0.4, -0.2) is 30.9 Å². The van der Waals surface area contributed by atoms with Gasteiger partial charge in [-0.25, -0.2) is 4.79 Å². The maximum absolute atomic E-state index is 12.7. The Bertz CT molecular complexity index is 628. The Labute approximate surface area is 122 Å². The van der Waals surface area contributed by atoms with Crippen LogP contribution in [0.15, 0.2) is 22.9 Å². The molecule has 1 fully saturated rings. The number of alkyl halides is 3. The van der Waals surface area contributed by atoms with Gasteiger partial charge in [-0.1, -0.05) is 5.16 Å². The molecule has 0 aliphatic carbocycles. The minimum absolute atomic E-state index is 0.544. The van der Waals surface area contributed by atoms with Crippen LogP contribution in [0.2, 0.25) is 0 Å². The molecule has 0 unspecified atom stereocenters. The molecule has 112 valence electrons. The van der Waals surface area contributed by atoms with Crippen LogP contribution in [0.1, 0.15) is 17.7 Å². The predicted octanol–water partition coefficient (Wildman–Crippen LogP) is 3.21. The first kappa shape index (κ1) is 14.1. The lowest BCUT2D eigenvalue weighted by Gasteiger charge is -2.13. The molecule has 1 saturated heterocycles. The number of halogens is 3. The van der Waals surface area contributed by atoms with Crippen molar-refractivity contribution in [2.24, 2.45) is 5.16 Å². The maximum atomic E-state index is 12.7. The van der Waals surface area contributed by atoms with Crippen molar-refractivity contribution >= 4 is 34.1 Å². The summed E-state index contributed by atoms with van der Waals surface area (Å²) in [5.41, 5.74) is -1.82. The number of anilines is 1. The topological polar surface area (TPSA) is 41.9 Å². The van der Waals surface area contributed by atoms with Crippen molar-refractivity contribution in [2.75, 3.05) is 18.0 Å². The molecule has 0 amide bonds. The van der Waals surface area contributed by atoms with Crippen LogP contribution < -0.4 is 4.90 Å². The molecule has 3 rings (SSSR count). The molecule has 0 radical (unpaired) electrons. The Morgan fingerprint density at radius 1 is 1.29 bits per heavy atom. The second-order valence-electron chi connectivity index (χ2n) is 4.74. The summed E-state index contributed by atoms with van der Waals surface area (Å²) >= 11 is 1.35. The molecular weight excluding hydrogens is 305 g/mol. The van der Waals surface area contributed by atoms with Crippen LogP contribution >= 0.6 is 11.3 Å². The van der Waals surface area contributed by atoms with Gasteiger partial charge in [0.1, 0.15) is 0 Å². The first-order valence-electron chi connectivity index (χ1n) is 6.38. The van der Waals surface area contributed by atoms with Gasteiger partial charge in [0, 0.05) is 18.0 Å². The molecule has 0 aromatic carbocycles. The average molecular weight is 316 g/mol. The molecule has 1 aromatic heterocycles. The molecule has 8 heteroatoms. The molecule has 1 aromatic rings. The van der Waals surface area contributed by atoms with E-state index in [1.807, 2.05) is 6.07 Å². The fourth-order valence-electron chi connectivity index (χ4n) is 2.28. The highest BCUT2D eigenvalue weighted by Crippen LogP contribution is 2.33. The van der Waals surface area contributed by atoms with E-state index < -0.39 is 23.4 Å². The molecular formula is C13H11F3N2O2S. The number of hydrogen-bond acceptors (Lipinski definition) is 5. The molecule has 21 heavy (non-hydrogen) atoms. The lowest BCUT2D eigenvalue weighted by atomic mass is 10.1. The highest BCUT2D eigenvalue weighted by Gasteiger charge is 2.45. The molecule has 2 aliphatic rings. The van der Waals surface area contributed by atoms with E-state index in [4.69, 9.17) is 0 Å². The fraction of sp³-hybridized carbons (Fsp3) is 0.385. The number of rotatable bonds is 2. The van der Waals surface area contributed by atoms with Crippen LogP contribution in [0.25, 0.3) is 6.08 Å². The molecule has 4 nitrogen and oxygen atoms in total. The summed E-state index contributed by atoms with van der Waals surface area (Å²) in [6.07, 6.45) is -1.28. The Morgan fingerprint density at radius 3 is 2.67 bits per heavy atom. The van der Waals surface area contributed by atoms with E-state index in [1.54, 1.807) is 6.07 Å². The highest BCUT2D eigenvalue weighted by atomic mass is 32.1. The Balaban J connectivity index is 1.87. The molecule has 2 aliphatic heterocycles. The lowest BCUT2D eigenvalue weighted by Crippen LogP contribution is -2.24. The van der Waals surface area contributed by atoms with Crippen molar-refractivity contribution in [3.8, 4) is 0 Å². The number of oxime groups is 1. The minimum atomic E-state index is -4.70. The lowest BCUT2D eigenvalue weighted by molar-refractivity contribution is -0.136. The summed E-state index contributed by atoms with van der Waals surface area (Å²) in [5.74, 6) is -1.07. The molecule has 0 spiro atoms. The van der Waals surface area contributed by atoms with Gasteiger partial charge in [-0.3, -0.25) is 0 Å². The van der Waals surface area contributed by atoms with Crippen molar-refractivity contribution in [3.05, 3.63) is 22.6 Å². The Morgan fingerprint density at radius 2 is 2.00 bits per heavy atom. The van der Waals surface area contributed by atoms with Crippen LogP contribution in [0, 0.1) is 0 Å². The monoisotopic (exact) mass is 316 g/mol. The van der Waals surface area contributed by atoms with E-state index in [0.29, 0.717) is 4.88 Å². The van der Waals surface area contributed by atoms with Gasteiger partial charge in [0.25, 0.3) is 0 Å². The van der Waals surface area contributed by atoms with Crippen molar-refractivity contribution in [3.63, 3.8) is 0 Å². The van der Waals surface area contributed by atoms with E-state index in [-0.39, 0.29) is 0 Å². The largest absolute Gasteiger partial charge is 0.437 e. The van der Waals surface area contributed by atoms with Crippen LogP contribution in [0.5, 0.6) is 0 Å². The third-order valence-corrected chi connectivity index (χ3v) is 4.37. The van der Waals surface area contributed by atoms with Crippen LogP contribution in [-0.2, 0) is 9.63 Å². The first-order valence-corrected chi connectivity index (χ1v) is 7.20. The number of carbonyl (C=O) groups is 1. The highest BCUT2D eigenvalue weighted by molar-refractivity contribution is 7.17. The van der Waals surface area contributed by atoms with Crippen LogP contribution in [0.3, 0.4) is 0 Å². The predicted molar refractivity (Wildman–Crippen MR) is 73.3 cm³/mol. The van der Waals surface area contributed by atoms with E-state index in [1.165, 1.54) is 17.4 Å². The van der Waals surface area contributed by atoms with Gasteiger partial charge in [-0.15, -0.1) is 11.3 Å². The number of hydrogen-bond donors (Lipinski definition) is 0. The molecule has 3 heterocycles. The smallest absolute Gasteiger partial charge is 0.363 e. The number of thiophene rings is 1. The van der Waals surface area contributed by atoms with Crippen molar-refractivity contribution in [1.82, 2.24) is 0 Å². The molecule has 0 N–H and O–H groups in total. The summed E-state index contributed by atoms with van der Waals surface area (Å²) in [6, 6.07) is 3.55. The summed E-state index contributed by atoms with van der Waals surface area (Å²) in [6.45, 7) is 1.90. The summed E-state index contributed by atoms with van der Waals surface area (Å²) < 4.78 is 38.2. The molecule has 0 saturated carbocycles. The van der Waals surface area contributed by atoms with Gasteiger partial charge in [0.2, 0.25) is 0 Å². The third kappa shape index (κ3) is 2.80. The first-order chi connectivity index (χ1) is 9.95. The van der Waals surface area contributed by atoms with E-state index in [2.05, 4.69) is 14.9 Å². The summed E-state index contributed by atoms with van der Waals surface area (Å²) in [5, 5.41) is 3.81. The SMILES string of the molecule is O=C1ON=C(C(F)(F)F)C1=Cc1ccc(N2CCCC2)s1. The molecule has 0 bridgehead atoms. The summed E-state index contributed by atoms with van der Waals surface area (Å²) in [7, 11) is 0. The van der Waals surface area contributed by atoms with Crippen LogP contribution in [0.4, 0.5) is 18.2 Å². The van der Waals surface area contributed by atoms with Gasteiger partial charge in [-0.2, -0.15) is 13.2 Å². The third-order valence-electron chi connectivity index (χ3n) is 3.28. The minimum Gasteiger partial charge on any atom is -0.363 e. The van der Waals surface area contributed by atoms with Crippen molar-refractivity contribution < 1.29 is 22.8 Å². The van der Waals surface area contributed by atoms with Gasteiger partial charge < -0.3 is 9.74 Å².